The van der Waals surface area contributed by atoms with E-state index in [1.807, 2.05) is 47.1 Å². The molecule has 0 bridgehead atoms. The second kappa shape index (κ2) is 6.06. The van der Waals surface area contributed by atoms with Crippen LogP contribution in [0.3, 0.4) is 0 Å². The molecule has 0 atom stereocenters. The predicted molar refractivity (Wildman–Crippen MR) is 89.8 cm³/mol. The number of aryl methyl sites for hydroxylation is 2. The molecule has 0 radical (unpaired) electrons. The number of nitrogens with zero attached hydrogens (tertiary/aromatic N) is 2. The number of hydrogen-bond donors (Lipinski definition) is 1. The third-order valence-electron chi connectivity index (χ3n) is 3.83. The Balaban J connectivity index is 2.29. The van der Waals surface area contributed by atoms with Crippen LogP contribution in [0.25, 0.3) is 22.4 Å². The SMILES string of the molecule is CCCn1nc(O)c(-c2ccccc2)c1-c1ccccc1C. The van der Waals surface area contributed by atoms with Crippen LogP contribution < -0.4 is 0 Å². The van der Waals surface area contributed by atoms with Crippen LogP contribution in [0.1, 0.15) is 18.9 Å². The van der Waals surface area contributed by atoms with Gasteiger partial charge in [-0.15, -0.1) is 5.10 Å². The summed E-state index contributed by atoms with van der Waals surface area (Å²) >= 11 is 0. The Labute approximate surface area is 130 Å². The van der Waals surface area contributed by atoms with Gasteiger partial charge in [0.2, 0.25) is 5.88 Å². The van der Waals surface area contributed by atoms with Crippen molar-refractivity contribution < 1.29 is 5.11 Å². The zero-order chi connectivity index (χ0) is 15.5. The van der Waals surface area contributed by atoms with Gasteiger partial charge >= 0.3 is 0 Å². The minimum atomic E-state index is 0.0953. The molecule has 3 rings (SSSR count). The molecule has 0 aliphatic carbocycles. The maximum atomic E-state index is 10.4. The van der Waals surface area contributed by atoms with Crippen molar-refractivity contribution in [3.63, 3.8) is 0 Å². The average Bonchev–Trinajstić information content (AvgIpc) is 2.85. The summed E-state index contributed by atoms with van der Waals surface area (Å²) in [6, 6.07) is 18.2. The number of aromatic nitrogens is 2. The van der Waals surface area contributed by atoms with Crippen LogP contribution in [-0.4, -0.2) is 14.9 Å². The fourth-order valence-electron chi connectivity index (χ4n) is 2.81. The predicted octanol–water partition coefficient (Wildman–Crippen LogP) is 4.64. The number of benzene rings is 2. The summed E-state index contributed by atoms with van der Waals surface area (Å²) in [5.41, 5.74) is 5.08. The summed E-state index contributed by atoms with van der Waals surface area (Å²) in [6.45, 7) is 4.98. The van der Waals surface area contributed by atoms with E-state index in [0.29, 0.717) is 0 Å². The van der Waals surface area contributed by atoms with E-state index in [4.69, 9.17) is 0 Å². The molecule has 0 spiro atoms. The van der Waals surface area contributed by atoms with Crippen LogP contribution in [0.2, 0.25) is 0 Å². The van der Waals surface area contributed by atoms with E-state index in [9.17, 15) is 5.11 Å². The molecule has 3 aromatic rings. The molecule has 0 aliphatic rings. The Hall–Kier alpha value is -2.55. The summed E-state index contributed by atoms with van der Waals surface area (Å²) in [5, 5.41) is 14.8. The van der Waals surface area contributed by atoms with Gasteiger partial charge in [-0.25, -0.2) is 0 Å². The van der Waals surface area contributed by atoms with E-state index in [2.05, 4.69) is 31.1 Å². The maximum absolute atomic E-state index is 10.4. The minimum Gasteiger partial charge on any atom is -0.492 e. The fourth-order valence-corrected chi connectivity index (χ4v) is 2.81. The van der Waals surface area contributed by atoms with Crippen molar-refractivity contribution in [1.29, 1.82) is 0 Å². The van der Waals surface area contributed by atoms with Crippen molar-refractivity contribution in [2.24, 2.45) is 0 Å². The first-order valence-corrected chi connectivity index (χ1v) is 7.63. The van der Waals surface area contributed by atoms with E-state index < -0.39 is 0 Å². The van der Waals surface area contributed by atoms with Crippen LogP contribution in [-0.2, 0) is 6.54 Å². The van der Waals surface area contributed by atoms with Gasteiger partial charge < -0.3 is 5.11 Å². The van der Waals surface area contributed by atoms with Crippen molar-refractivity contribution in [3.05, 3.63) is 60.2 Å². The molecule has 3 nitrogen and oxygen atoms in total. The number of aromatic hydroxyl groups is 1. The van der Waals surface area contributed by atoms with E-state index in [1.54, 1.807) is 0 Å². The monoisotopic (exact) mass is 292 g/mol. The third kappa shape index (κ3) is 2.50. The lowest BCUT2D eigenvalue weighted by Gasteiger charge is -2.11. The molecular formula is C19H20N2O. The summed E-state index contributed by atoms with van der Waals surface area (Å²) in [4.78, 5) is 0. The van der Waals surface area contributed by atoms with Crippen molar-refractivity contribution in [3.8, 4) is 28.3 Å². The first-order valence-electron chi connectivity index (χ1n) is 7.63. The van der Waals surface area contributed by atoms with Gasteiger partial charge in [0.25, 0.3) is 0 Å². The second-order valence-electron chi connectivity index (χ2n) is 5.45. The third-order valence-corrected chi connectivity index (χ3v) is 3.83. The van der Waals surface area contributed by atoms with E-state index in [1.165, 1.54) is 5.56 Å². The van der Waals surface area contributed by atoms with E-state index >= 15 is 0 Å². The zero-order valence-electron chi connectivity index (χ0n) is 13.0. The lowest BCUT2D eigenvalue weighted by Crippen LogP contribution is -2.02. The molecule has 0 unspecified atom stereocenters. The standard InChI is InChI=1S/C19H20N2O/c1-3-13-21-18(16-12-8-7-9-14(16)2)17(19(22)20-21)15-10-5-4-6-11-15/h4-12H,3,13H2,1-2H3,(H,20,22). The van der Waals surface area contributed by atoms with Gasteiger partial charge in [0.05, 0.1) is 11.3 Å². The van der Waals surface area contributed by atoms with Crippen LogP contribution in [0.15, 0.2) is 54.6 Å². The molecule has 0 saturated carbocycles. The topological polar surface area (TPSA) is 38.0 Å². The van der Waals surface area contributed by atoms with Gasteiger partial charge in [0.1, 0.15) is 0 Å². The summed E-state index contributed by atoms with van der Waals surface area (Å²) in [6.07, 6.45) is 0.966. The highest BCUT2D eigenvalue weighted by molar-refractivity contribution is 5.85. The van der Waals surface area contributed by atoms with Crippen molar-refractivity contribution in [2.75, 3.05) is 0 Å². The lowest BCUT2D eigenvalue weighted by molar-refractivity contribution is 0.438. The van der Waals surface area contributed by atoms with E-state index in [0.717, 1.165) is 35.3 Å². The number of rotatable bonds is 4. The van der Waals surface area contributed by atoms with Crippen LogP contribution in [0.4, 0.5) is 0 Å². The van der Waals surface area contributed by atoms with Crippen LogP contribution in [0, 0.1) is 6.92 Å². The molecule has 1 heterocycles. The minimum absolute atomic E-state index is 0.0953. The smallest absolute Gasteiger partial charge is 0.238 e. The molecule has 1 N–H and O–H groups in total. The molecule has 112 valence electrons. The summed E-state index contributed by atoms with van der Waals surface area (Å²) in [7, 11) is 0. The Morgan fingerprint density at radius 1 is 1.00 bits per heavy atom. The molecular weight excluding hydrogens is 272 g/mol. The maximum Gasteiger partial charge on any atom is 0.238 e. The largest absolute Gasteiger partial charge is 0.492 e. The van der Waals surface area contributed by atoms with Crippen LogP contribution >= 0.6 is 0 Å². The van der Waals surface area contributed by atoms with Gasteiger partial charge in [-0.2, -0.15) is 0 Å². The molecule has 0 saturated heterocycles. The normalized spacial score (nSPS) is 10.8. The average molecular weight is 292 g/mol. The highest BCUT2D eigenvalue weighted by atomic mass is 16.3. The molecule has 22 heavy (non-hydrogen) atoms. The highest BCUT2D eigenvalue weighted by Gasteiger charge is 2.21. The first kappa shape index (κ1) is 14.4. The van der Waals surface area contributed by atoms with E-state index in [-0.39, 0.29) is 5.88 Å². The molecule has 2 aromatic carbocycles. The summed E-state index contributed by atoms with van der Waals surface area (Å²) < 4.78 is 1.92. The Bertz CT molecular complexity index is 775. The van der Waals surface area contributed by atoms with Gasteiger partial charge in [0, 0.05) is 12.1 Å². The van der Waals surface area contributed by atoms with Gasteiger partial charge in [0.15, 0.2) is 0 Å². The first-order chi connectivity index (χ1) is 10.7. The molecule has 1 aromatic heterocycles. The van der Waals surface area contributed by atoms with Crippen molar-refractivity contribution in [1.82, 2.24) is 9.78 Å². The highest BCUT2D eigenvalue weighted by Crippen LogP contribution is 2.39. The molecule has 0 aliphatic heterocycles. The quantitative estimate of drug-likeness (QED) is 0.760. The van der Waals surface area contributed by atoms with Crippen molar-refractivity contribution >= 4 is 0 Å². The van der Waals surface area contributed by atoms with Crippen LogP contribution in [0.5, 0.6) is 5.88 Å². The summed E-state index contributed by atoms with van der Waals surface area (Å²) in [5.74, 6) is 0.0953. The van der Waals surface area contributed by atoms with Gasteiger partial charge in [-0.05, 0) is 24.5 Å². The Morgan fingerprint density at radius 3 is 2.36 bits per heavy atom. The Kier molecular flexibility index (Phi) is 3.96. The van der Waals surface area contributed by atoms with Gasteiger partial charge in [-0.1, -0.05) is 61.5 Å². The molecule has 3 heteroatoms. The second-order valence-corrected chi connectivity index (χ2v) is 5.45. The number of hydrogen-bond acceptors (Lipinski definition) is 2. The molecule has 0 fully saturated rings. The molecule has 0 amide bonds. The van der Waals surface area contributed by atoms with Gasteiger partial charge in [-0.3, -0.25) is 4.68 Å². The lowest BCUT2D eigenvalue weighted by atomic mass is 9.98. The Morgan fingerprint density at radius 2 is 1.68 bits per heavy atom. The zero-order valence-corrected chi connectivity index (χ0v) is 13.0. The fraction of sp³-hybridized carbons (Fsp3) is 0.211. The van der Waals surface area contributed by atoms with Crippen molar-refractivity contribution in [2.45, 2.75) is 26.8 Å².